The molecule has 1 aromatic heterocycles. The number of aromatic amines is 1. The van der Waals surface area contributed by atoms with Gasteiger partial charge in [-0.1, -0.05) is 19.4 Å². The topological polar surface area (TPSA) is 65.2 Å². The van der Waals surface area contributed by atoms with E-state index in [4.69, 9.17) is 0 Å². The molecule has 0 radical (unpaired) electrons. The normalized spacial score (nSPS) is 10.3. The number of nitrogens with one attached hydrogen (secondary N) is 2. The second-order valence-corrected chi connectivity index (χ2v) is 4.77. The van der Waals surface area contributed by atoms with Gasteiger partial charge in [-0.25, -0.2) is 4.79 Å². The maximum atomic E-state index is 11.9. The fraction of sp³-hybridized carbons (Fsp3) is 0.600. The predicted octanol–water partition coefficient (Wildman–Crippen LogP) is 2.27. The molecule has 0 aliphatic carbocycles. The Labute approximate surface area is 120 Å². The van der Waals surface area contributed by atoms with Gasteiger partial charge in [-0.3, -0.25) is 4.79 Å². The first-order valence-corrected chi connectivity index (χ1v) is 7.36. The number of carbonyl (C=O) groups excluding carboxylic acids is 1. The van der Waals surface area contributed by atoms with Crippen LogP contribution in [-0.4, -0.2) is 29.0 Å². The quantitative estimate of drug-likeness (QED) is 0.804. The average Bonchev–Trinajstić information content (AvgIpc) is 2.45. The number of hydrogen-bond donors (Lipinski definition) is 2. The molecular weight excluding hydrogens is 254 g/mol. The van der Waals surface area contributed by atoms with Gasteiger partial charge in [0.2, 0.25) is 0 Å². The van der Waals surface area contributed by atoms with E-state index in [9.17, 15) is 9.59 Å². The van der Waals surface area contributed by atoms with Gasteiger partial charge in [-0.15, -0.1) is 0 Å². The second kappa shape index (κ2) is 8.40. The summed E-state index contributed by atoms with van der Waals surface area (Å²) < 4.78 is 0. The van der Waals surface area contributed by atoms with Crippen molar-refractivity contribution in [2.24, 2.45) is 0 Å². The zero-order chi connectivity index (χ0) is 15.0. The molecule has 2 amide bonds. The number of nitrogens with zero attached hydrogens (tertiary/aromatic N) is 1. The van der Waals surface area contributed by atoms with Gasteiger partial charge in [0.15, 0.2) is 0 Å². The van der Waals surface area contributed by atoms with Crippen molar-refractivity contribution < 1.29 is 4.79 Å². The lowest BCUT2D eigenvalue weighted by molar-refractivity contribution is 0.203. The highest BCUT2D eigenvalue weighted by atomic mass is 16.2. The summed E-state index contributed by atoms with van der Waals surface area (Å²) in [5, 5.41) is 2.77. The van der Waals surface area contributed by atoms with Crippen LogP contribution >= 0.6 is 0 Å². The zero-order valence-electron chi connectivity index (χ0n) is 12.7. The molecule has 0 saturated carbocycles. The van der Waals surface area contributed by atoms with Crippen molar-refractivity contribution in [2.75, 3.05) is 13.1 Å². The van der Waals surface area contributed by atoms with Crippen LogP contribution in [0.25, 0.3) is 0 Å². The SMILES string of the molecule is CCCCc1ccc(CNC(=O)N(CC)CC)c(=O)[nH]1. The van der Waals surface area contributed by atoms with E-state index in [0.717, 1.165) is 25.0 Å². The number of carbonyl (C=O) groups is 1. The molecule has 0 aliphatic heterocycles. The van der Waals surface area contributed by atoms with Crippen LogP contribution in [-0.2, 0) is 13.0 Å². The molecule has 0 saturated heterocycles. The molecule has 1 rings (SSSR count). The zero-order valence-corrected chi connectivity index (χ0v) is 12.7. The molecule has 0 fully saturated rings. The summed E-state index contributed by atoms with van der Waals surface area (Å²) >= 11 is 0. The predicted molar refractivity (Wildman–Crippen MR) is 80.8 cm³/mol. The summed E-state index contributed by atoms with van der Waals surface area (Å²) in [7, 11) is 0. The van der Waals surface area contributed by atoms with E-state index >= 15 is 0 Å². The molecule has 0 unspecified atom stereocenters. The van der Waals surface area contributed by atoms with Gasteiger partial charge >= 0.3 is 6.03 Å². The van der Waals surface area contributed by atoms with Crippen molar-refractivity contribution in [3.63, 3.8) is 0 Å². The van der Waals surface area contributed by atoms with E-state index in [1.807, 2.05) is 19.9 Å². The number of amides is 2. The summed E-state index contributed by atoms with van der Waals surface area (Å²) in [6, 6.07) is 3.59. The van der Waals surface area contributed by atoms with E-state index < -0.39 is 0 Å². The molecule has 5 heteroatoms. The van der Waals surface area contributed by atoms with Gasteiger partial charge in [0, 0.05) is 30.9 Å². The van der Waals surface area contributed by atoms with E-state index in [2.05, 4.69) is 17.2 Å². The summed E-state index contributed by atoms with van der Waals surface area (Å²) in [5.74, 6) is 0. The lowest BCUT2D eigenvalue weighted by Crippen LogP contribution is -2.40. The number of unbranched alkanes of at least 4 members (excludes halogenated alkanes) is 1. The fourth-order valence-corrected chi connectivity index (χ4v) is 1.99. The van der Waals surface area contributed by atoms with Crippen LogP contribution in [0, 0.1) is 0 Å². The van der Waals surface area contributed by atoms with Gasteiger partial charge in [0.25, 0.3) is 5.56 Å². The van der Waals surface area contributed by atoms with Crippen LogP contribution in [0.15, 0.2) is 16.9 Å². The van der Waals surface area contributed by atoms with Crippen molar-refractivity contribution in [1.29, 1.82) is 0 Å². The largest absolute Gasteiger partial charge is 0.334 e. The van der Waals surface area contributed by atoms with Crippen molar-refractivity contribution in [2.45, 2.75) is 46.6 Å². The highest BCUT2D eigenvalue weighted by Gasteiger charge is 2.09. The number of urea groups is 1. The van der Waals surface area contributed by atoms with Crippen LogP contribution in [0.4, 0.5) is 4.79 Å². The fourth-order valence-electron chi connectivity index (χ4n) is 1.99. The number of hydrogen-bond acceptors (Lipinski definition) is 2. The minimum Gasteiger partial charge on any atom is -0.334 e. The number of H-pyrrole nitrogens is 1. The lowest BCUT2D eigenvalue weighted by Gasteiger charge is -2.19. The van der Waals surface area contributed by atoms with E-state index in [1.165, 1.54) is 0 Å². The summed E-state index contributed by atoms with van der Waals surface area (Å²) in [5.41, 5.74) is 1.43. The van der Waals surface area contributed by atoms with Crippen molar-refractivity contribution >= 4 is 6.03 Å². The third kappa shape index (κ3) is 4.72. The molecule has 0 spiro atoms. The molecule has 1 heterocycles. The smallest absolute Gasteiger partial charge is 0.317 e. The van der Waals surface area contributed by atoms with Crippen molar-refractivity contribution in [3.05, 3.63) is 33.7 Å². The maximum Gasteiger partial charge on any atom is 0.317 e. The molecule has 0 atom stereocenters. The summed E-state index contributed by atoms with van der Waals surface area (Å²) in [6.07, 6.45) is 3.05. The summed E-state index contributed by atoms with van der Waals surface area (Å²) in [4.78, 5) is 28.3. The standard InChI is InChI=1S/C15H25N3O2/c1-4-7-8-13-10-9-12(14(19)17-13)11-16-15(20)18(5-2)6-3/h9-10H,4-8,11H2,1-3H3,(H,16,20)(H,17,19). The van der Waals surface area contributed by atoms with E-state index in [1.54, 1.807) is 11.0 Å². The molecule has 20 heavy (non-hydrogen) atoms. The van der Waals surface area contributed by atoms with Crippen LogP contribution in [0.3, 0.4) is 0 Å². The van der Waals surface area contributed by atoms with E-state index in [-0.39, 0.29) is 18.1 Å². The Morgan fingerprint density at radius 3 is 2.50 bits per heavy atom. The minimum atomic E-state index is -0.135. The average molecular weight is 279 g/mol. The Hall–Kier alpha value is -1.78. The molecule has 0 aromatic carbocycles. The molecule has 112 valence electrons. The van der Waals surface area contributed by atoms with Crippen molar-refractivity contribution in [1.82, 2.24) is 15.2 Å². The van der Waals surface area contributed by atoms with Gasteiger partial charge in [-0.2, -0.15) is 0 Å². The summed E-state index contributed by atoms with van der Waals surface area (Å²) in [6.45, 7) is 7.56. The van der Waals surface area contributed by atoms with Crippen LogP contribution in [0.5, 0.6) is 0 Å². The van der Waals surface area contributed by atoms with E-state index in [0.29, 0.717) is 18.7 Å². The maximum absolute atomic E-state index is 11.9. The lowest BCUT2D eigenvalue weighted by atomic mass is 10.1. The van der Waals surface area contributed by atoms with Gasteiger partial charge in [-0.05, 0) is 32.8 Å². The van der Waals surface area contributed by atoms with Crippen LogP contribution < -0.4 is 10.9 Å². The highest BCUT2D eigenvalue weighted by Crippen LogP contribution is 2.01. The monoisotopic (exact) mass is 279 g/mol. The second-order valence-electron chi connectivity index (χ2n) is 4.77. The molecular formula is C15H25N3O2. The first-order chi connectivity index (χ1) is 9.62. The number of aryl methyl sites for hydroxylation is 1. The Morgan fingerprint density at radius 1 is 1.25 bits per heavy atom. The molecule has 5 nitrogen and oxygen atoms in total. The first-order valence-electron chi connectivity index (χ1n) is 7.36. The molecule has 0 aliphatic rings. The van der Waals surface area contributed by atoms with Crippen molar-refractivity contribution in [3.8, 4) is 0 Å². The Bertz CT molecular complexity index is 478. The number of aromatic nitrogens is 1. The number of rotatable bonds is 7. The molecule has 1 aromatic rings. The Kier molecular flexibility index (Phi) is 6.84. The highest BCUT2D eigenvalue weighted by molar-refractivity contribution is 5.74. The number of pyridine rings is 1. The van der Waals surface area contributed by atoms with Gasteiger partial charge in [0.05, 0.1) is 0 Å². The van der Waals surface area contributed by atoms with Gasteiger partial charge in [0.1, 0.15) is 0 Å². The third-order valence-corrected chi connectivity index (χ3v) is 3.33. The third-order valence-electron chi connectivity index (χ3n) is 3.33. The molecule has 0 bridgehead atoms. The minimum absolute atomic E-state index is 0.113. The van der Waals surface area contributed by atoms with Crippen LogP contribution in [0.1, 0.15) is 44.9 Å². The van der Waals surface area contributed by atoms with Crippen LogP contribution in [0.2, 0.25) is 0 Å². The Balaban J connectivity index is 2.60. The Morgan fingerprint density at radius 2 is 1.95 bits per heavy atom. The van der Waals surface area contributed by atoms with Gasteiger partial charge < -0.3 is 15.2 Å². The first kappa shape index (κ1) is 16.3. The molecule has 2 N–H and O–H groups in total.